The number of anilines is 1. The average molecular weight is 306 g/mol. The normalized spacial score (nSPS) is 19.0. The number of likely N-dealkylation sites (tertiary alicyclic amines) is 1. The first-order chi connectivity index (χ1) is 10.6. The molecular weight excluding hydrogens is 283 g/mol. The van der Waals surface area contributed by atoms with Gasteiger partial charge in [0.15, 0.2) is 5.96 Å². The molecule has 5 nitrogen and oxygen atoms in total. The van der Waals surface area contributed by atoms with E-state index in [1.54, 1.807) is 7.05 Å². The Hall–Kier alpha value is -2.11. The van der Waals surface area contributed by atoms with Crippen molar-refractivity contribution in [2.24, 2.45) is 10.9 Å². The quantitative estimate of drug-likeness (QED) is 0.664. The van der Waals surface area contributed by atoms with Gasteiger partial charge in [0.25, 0.3) is 0 Å². The molecule has 1 saturated heterocycles. The van der Waals surface area contributed by atoms with Gasteiger partial charge in [0.05, 0.1) is 6.54 Å². The fraction of sp³-hybridized carbons (Fsp3) is 0.500. The molecule has 2 rings (SSSR count). The first-order valence-electron chi connectivity index (χ1n) is 7.59. The van der Waals surface area contributed by atoms with E-state index in [4.69, 9.17) is 0 Å². The van der Waals surface area contributed by atoms with Crippen LogP contribution in [0.25, 0.3) is 0 Å². The van der Waals surface area contributed by atoms with Gasteiger partial charge < -0.3 is 15.5 Å². The lowest BCUT2D eigenvalue weighted by Crippen LogP contribution is -2.48. The third-order valence-corrected chi connectivity index (χ3v) is 3.70. The number of hydrogen-bond donors (Lipinski definition) is 2. The molecule has 1 aromatic rings. The predicted octanol–water partition coefficient (Wildman–Crippen LogP) is 2.07. The average Bonchev–Trinajstić information content (AvgIpc) is 2.50. The maximum atomic E-state index is 12.8. The van der Waals surface area contributed by atoms with Gasteiger partial charge in [-0.25, -0.2) is 4.39 Å². The maximum absolute atomic E-state index is 12.8. The molecule has 6 heteroatoms. The number of hydrogen-bond acceptors (Lipinski definition) is 2. The first kappa shape index (κ1) is 16.3. The highest BCUT2D eigenvalue weighted by molar-refractivity contribution is 5.94. The monoisotopic (exact) mass is 306 g/mol. The van der Waals surface area contributed by atoms with E-state index < -0.39 is 0 Å². The Bertz CT molecular complexity index is 529. The standard InChI is InChI=1S/C16H23FN4O/c1-12-4-3-9-21(11-12)16(18-2)19-10-15(22)20-14-7-5-13(17)6-8-14/h5-8,12H,3-4,9-11H2,1-2H3,(H,18,19)(H,20,22). The lowest BCUT2D eigenvalue weighted by molar-refractivity contribution is -0.115. The number of aliphatic imine (C=N–C) groups is 1. The Labute approximate surface area is 130 Å². The van der Waals surface area contributed by atoms with Crippen LogP contribution in [0.3, 0.4) is 0 Å². The summed E-state index contributed by atoms with van der Waals surface area (Å²) in [7, 11) is 1.72. The zero-order valence-electron chi connectivity index (χ0n) is 13.1. The number of nitrogens with one attached hydrogen (secondary N) is 2. The van der Waals surface area contributed by atoms with Crippen LogP contribution in [-0.4, -0.2) is 43.4 Å². The molecule has 0 spiro atoms. The van der Waals surface area contributed by atoms with Crippen LogP contribution in [0.5, 0.6) is 0 Å². The van der Waals surface area contributed by atoms with Crippen molar-refractivity contribution in [2.75, 3.05) is 32.0 Å². The summed E-state index contributed by atoms with van der Waals surface area (Å²) >= 11 is 0. The van der Waals surface area contributed by atoms with Crippen LogP contribution in [0, 0.1) is 11.7 Å². The second-order valence-corrected chi connectivity index (χ2v) is 5.65. The molecule has 0 aliphatic carbocycles. The molecule has 1 heterocycles. The zero-order chi connectivity index (χ0) is 15.9. The van der Waals surface area contributed by atoms with Gasteiger partial charge in [0, 0.05) is 25.8 Å². The zero-order valence-corrected chi connectivity index (χ0v) is 13.1. The van der Waals surface area contributed by atoms with Crippen LogP contribution in [0.4, 0.5) is 10.1 Å². The van der Waals surface area contributed by atoms with Crippen LogP contribution < -0.4 is 10.6 Å². The van der Waals surface area contributed by atoms with Gasteiger partial charge in [0.2, 0.25) is 5.91 Å². The van der Waals surface area contributed by atoms with Crippen molar-refractivity contribution in [2.45, 2.75) is 19.8 Å². The summed E-state index contributed by atoms with van der Waals surface area (Å²) < 4.78 is 12.8. The highest BCUT2D eigenvalue weighted by atomic mass is 19.1. The minimum absolute atomic E-state index is 0.134. The van der Waals surface area contributed by atoms with Crippen LogP contribution >= 0.6 is 0 Å². The third kappa shape index (κ3) is 4.72. The van der Waals surface area contributed by atoms with Crippen LogP contribution in [-0.2, 0) is 4.79 Å². The fourth-order valence-corrected chi connectivity index (χ4v) is 2.61. The van der Waals surface area contributed by atoms with Gasteiger partial charge in [-0.15, -0.1) is 0 Å². The fourth-order valence-electron chi connectivity index (χ4n) is 2.61. The van der Waals surface area contributed by atoms with Gasteiger partial charge in [-0.3, -0.25) is 9.79 Å². The smallest absolute Gasteiger partial charge is 0.243 e. The molecule has 0 aromatic heterocycles. The Morgan fingerprint density at radius 1 is 1.41 bits per heavy atom. The number of piperidine rings is 1. The van der Waals surface area contributed by atoms with Crippen molar-refractivity contribution < 1.29 is 9.18 Å². The van der Waals surface area contributed by atoms with E-state index in [0.29, 0.717) is 11.6 Å². The Morgan fingerprint density at radius 3 is 2.77 bits per heavy atom. The molecule has 120 valence electrons. The minimum Gasteiger partial charge on any atom is -0.347 e. The van der Waals surface area contributed by atoms with E-state index in [9.17, 15) is 9.18 Å². The molecule has 1 aromatic carbocycles. The number of guanidine groups is 1. The Kier molecular flexibility index (Phi) is 5.75. The summed E-state index contributed by atoms with van der Waals surface area (Å²) in [6.45, 7) is 4.28. The molecule has 1 fully saturated rings. The Morgan fingerprint density at radius 2 is 2.14 bits per heavy atom. The number of halogens is 1. The number of rotatable bonds is 3. The maximum Gasteiger partial charge on any atom is 0.243 e. The first-order valence-corrected chi connectivity index (χ1v) is 7.59. The van der Waals surface area contributed by atoms with E-state index in [1.807, 2.05) is 0 Å². The third-order valence-electron chi connectivity index (χ3n) is 3.70. The van der Waals surface area contributed by atoms with E-state index in [-0.39, 0.29) is 18.3 Å². The molecule has 1 aliphatic rings. The summed E-state index contributed by atoms with van der Waals surface area (Å²) in [5.41, 5.74) is 0.579. The molecule has 1 amide bonds. The highest BCUT2D eigenvalue weighted by Crippen LogP contribution is 2.15. The highest BCUT2D eigenvalue weighted by Gasteiger charge is 2.19. The van der Waals surface area contributed by atoms with Crippen LogP contribution in [0.1, 0.15) is 19.8 Å². The number of carbonyl (C=O) groups is 1. The second kappa shape index (κ2) is 7.77. The molecule has 1 aliphatic heterocycles. The van der Waals surface area contributed by atoms with Crippen molar-refractivity contribution >= 4 is 17.6 Å². The molecule has 0 bridgehead atoms. The van der Waals surface area contributed by atoms with Gasteiger partial charge in [0.1, 0.15) is 5.82 Å². The van der Waals surface area contributed by atoms with Crippen molar-refractivity contribution in [1.82, 2.24) is 10.2 Å². The van der Waals surface area contributed by atoms with E-state index in [0.717, 1.165) is 25.5 Å². The molecular formula is C16H23FN4O. The molecule has 1 unspecified atom stereocenters. The summed E-state index contributed by atoms with van der Waals surface area (Å²) in [5.74, 6) is 0.884. The van der Waals surface area contributed by atoms with Gasteiger partial charge >= 0.3 is 0 Å². The topological polar surface area (TPSA) is 56.7 Å². The number of nitrogens with zero attached hydrogens (tertiary/aromatic N) is 2. The molecule has 0 saturated carbocycles. The van der Waals surface area contributed by atoms with Gasteiger partial charge in [-0.05, 0) is 43.0 Å². The van der Waals surface area contributed by atoms with Crippen LogP contribution in [0.2, 0.25) is 0 Å². The van der Waals surface area contributed by atoms with Crippen LogP contribution in [0.15, 0.2) is 29.3 Å². The number of amides is 1. The van der Waals surface area contributed by atoms with E-state index in [2.05, 4.69) is 27.4 Å². The van der Waals surface area contributed by atoms with E-state index >= 15 is 0 Å². The lowest BCUT2D eigenvalue weighted by atomic mass is 10.0. The van der Waals surface area contributed by atoms with Gasteiger partial charge in [-0.2, -0.15) is 0 Å². The minimum atomic E-state index is -0.323. The summed E-state index contributed by atoms with van der Waals surface area (Å²) in [4.78, 5) is 18.3. The molecule has 0 radical (unpaired) electrons. The molecule has 2 N–H and O–H groups in total. The number of carbonyl (C=O) groups excluding carboxylic acids is 1. The molecule has 22 heavy (non-hydrogen) atoms. The van der Waals surface area contributed by atoms with Crippen molar-refractivity contribution in [1.29, 1.82) is 0 Å². The van der Waals surface area contributed by atoms with E-state index in [1.165, 1.54) is 30.7 Å². The number of benzene rings is 1. The summed E-state index contributed by atoms with van der Waals surface area (Å²) in [6, 6.07) is 5.71. The van der Waals surface area contributed by atoms with Gasteiger partial charge in [-0.1, -0.05) is 6.92 Å². The summed E-state index contributed by atoms with van der Waals surface area (Å²) in [6.07, 6.45) is 2.38. The second-order valence-electron chi connectivity index (χ2n) is 5.65. The van der Waals surface area contributed by atoms with Crippen molar-refractivity contribution in [3.63, 3.8) is 0 Å². The SMILES string of the molecule is CN=C(NCC(=O)Nc1ccc(F)cc1)N1CCCC(C)C1. The van der Waals surface area contributed by atoms with Crippen molar-refractivity contribution in [3.8, 4) is 0 Å². The lowest BCUT2D eigenvalue weighted by Gasteiger charge is -2.33. The largest absolute Gasteiger partial charge is 0.347 e. The van der Waals surface area contributed by atoms with Crippen molar-refractivity contribution in [3.05, 3.63) is 30.1 Å². The molecule has 1 atom stereocenters. The predicted molar refractivity (Wildman–Crippen MR) is 86.4 cm³/mol. The Balaban J connectivity index is 1.82. The summed E-state index contributed by atoms with van der Waals surface area (Å²) in [5, 5.41) is 5.80.